The Kier molecular flexibility index (Phi) is 3.40. The van der Waals surface area contributed by atoms with Gasteiger partial charge in [0.15, 0.2) is 0 Å². The second-order valence-corrected chi connectivity index (χ2v) is 8.14. The number of carbonyl (C=O) groups is 1. The van der Waals surface area contributed by atoms with Crippen molar-refractivity contribution < 1.29 is 9.53 Å². The molecule has 6 heteroatoms. The fourth-order valence-corrected chi connectivity index (χ4v) is 5.36. The van der Waals surface area contributed by atoms with Crippen LogP contribution >= 0.6 is 22.7 Å². The highest BCUT2D eigenvalue weighted by Crippen LogP contribution is 2.57. The first-order valence-electron chi connectivity index (χ1n) is 7.51. The number of anilines is 2. The molecule has 1 aromatic carbocycles. The van der Waals surface area contributed by atoms with Crippen LogP contribution in [-0.4, -0.2) is 5.97 Å². The standard InChI is InChI=1S/C18H16N2O2S2/c1-18(17(21)22-9-10-5-3-2-4-6-10)11-7-13(19)23-15(11)16-12(18)8-14(20)24-16/h2-8H,9,19-20H2,1H3. The topological polar surface area (TPSA) is 78.3 Å². The Morgan fingerprint density at radius 1 is 1.04 bits per heavy atom. The van der Waals surface area contributed by atoms with Gasteiger partial charge in [0.25, 0.3) is 0 Å². The molecule has 0 atom stereocenters. The maximum Gasteiger partial charge on any atom is 0.321 e. The quantitative estimate of drug-likeness (QED) is 0.695. The van der Waals surface area contributed by atoms with E-state index in [0.29, 0.717) is 10.0 Å². The lowest BCUT2D eigenvalue weighted by atomic mass is 9.81. The first kappa shape index (κ1) is 15.2. The van der Waals surface area contributed by atoms with Gasteiger partial charge in [0.2, 0.25) is 0 Å². The Bertz CT molecular complexity index is 882. The number of rotatable bonds is 3. The molecule has 1 aliphatic rings. The zero-order valence-corrected chi connectivity index (χ0v) is 14.7. The highest BCUT2D eigenvalue weighted by molar-refractivity contribution is 7.26. The lowest BCUT2D eigenvalue weighted by Crippen LogP contribution is -2.33. The molecule has 0 aliphatic heterocycles. The predicted molar refractivity (Wildman–Crippen MR) is 99.1 cm³/mol. The van der Waals surface area contributed by atoms with E-state index in [9.17, 15) is 4.79 Å². The molecule has 122 valence electrons. The summed E-state index contributed by atoms with van der Waals surface area (Å²) >= 11 is 2.98. The third kappa shape index (κ3) is 2.14. The molecule has 0 bridgehead atoms. The molecule has 2 heterocycles. The van der Waals surface area contributed by atoms with Gasteiger partial charge in [-0.25, -0.2) is 0 Å². The van der Waals surface area contributed by atoms with Crippen molar-refractivity contribution in [3.63, 3.8) is 0 Å². The minimum Gasteiger partial charge on any atom is -0.460 e. The zero-order chi connectivity index (χ0) is 16.9. The highest BCUT2D eigenvalue weighted by Gasteiger charge is 2.49. The van der Waals surface area contributed by atoms with Crippen molar-refractivity contribution in [2.45, 2.75) is 18.9 Å². The molecular weight excluding hydrogens is 340 g/mol. The van der Waals surface area contributed by atoms with Gasteiger partial charge in [0, 0.05) is 0 Å². The van der Waals surface area contributed by atoms with Crippen molar-refractivity contribution in [1.82, 2.24) is 0 Å². The molecular formula is C18H16N2O2S2. The third-order valence-electron chi connectivity index (χ3n) is 4.41. The average Bonchev–Trinajstić information content (AvgIpc) is 3.20. The molecule has 4 nitrogen and oxygen atoms in total. The van der Waals surface area contributed by atoms with E-state index in [0.717, 1.165) is 26.4 Å². The summed E-state index contributed by atoms with van der Waals surface area (Å²) in [5.41, 5.74) is 13.9. The normalized spacial score (nSPS) is 14.2. The summed E-state index contributed by atoms with van der Waals surface area (Å²) in [6, 6.07) is 13.4. The number of carbonyl (C=O) groups excluding carboxylic acids is 1. The van der Waals surface area contributed by atoms with Crippen LogP contribution in [0.25, 0.3) is 9.75 Å². The second-order valence-electron chi connectivity index (χ2n) is 5.97. The summed E-state index contributed by atoms with van der Waals surface area (Å²) in [6.45, 7) is 2.14. The van der Waals surface area contributed by atoms with Crippen LogP contribution in [0.5, 0.6) is 0 Å². The van der Waals surface area contributed by atoms with Gasteiger partial charge in [0.1, 0.15) is 12.0 Å². The highest BCUT2D eigenvalue weighted by atomic mass is 32.1. The van der Waals surface area contributed by atoms with Gasteiger partial charge >= 0.3 is 5.97 Å². The van der Waals surface area contributed by atoms with Crippen molar-refractivity contribution in [3.05, 3.63) is 59.2 Å². The van der Waals surface area contributed by atoms with E-state index >= 15 is 0 Å². The van der Waals surface area contributed by atoms with E-state index in [1.54, 1.807) is 0 Å². The van der Waals surface area contributed by atoms with E-state index < -0.39 is 5.41 Å². The molecule has 0 saturated carbocycles. The Morgan fingerprint density at radius 3 is 2.12 bits per heavy atom. The molecule has 4 N–H and O–H groups in total. The summed E-state index contributed by atoms with van der Waals surface area (Å²) < 4.78 is 5.64. The van der Waals surface area contributed by atoms with Crippen LogP contribution < -0.4 is 11.5 Å². The average molecular weight is 356 g/mol. The summed E-state index contributed by atoms with van der Waals surface area (Å²) in [5, 5.41) is 1.39. The van der Waals surface area contributed by atoms with Crippen molar-refractivity contribution >= 4 is 38.6 Å². The number of thiophene rings is 2. The molecule has 0 unspecified atom stereocenters. The minimum atomic E-state index is -0.859. The van der Waals surface area contributed by atoms with Crippen LogP contribution in [0, 0.1) is 0 Å². The number of fused-ring (bicyclic) bond motifs is 3. The van der Waals surface area contributed by atoms with Gasteiger partial charge in [-0.1, -0.05) is 30.3 Å². The lowest BCUT2D eigenvalue weighted by molar-refractivity contribution is -0.149. The molecule has 2 aromatic heterocycles. The monoisotopic (exact) mass is 356 g/mol. The largest absolute Gasteiger partial charge is 0.460 e. The minimum absolute atomic E-state index is 0.249. The summed E-state index contributed by atoms with van der Waals surface area (Å²) in [4.78, 5) is 15.1. The summed E-state index contributed by atoms with van der Waals surface area (Å²) in [5.74, 6) is -0.276. The van der Waals surface area contributed by atoms with Crippen LogP contribution in [0.15, 0.2) is 42.5 Å². The molecule has 3 aromatic rings. The number of nitrogen functional groups attached to an aromatic ring is 2. The van der Waals surface area contributed by atoms with Gasteiger partial charge in [-0.3, -0.25) is 4.79 Å². The number of nitrogens with two attached hydrogens (primary N) is 2. The summed E-state index contributed by atoms with van der Waals surface area (Å²) in [6.07, 6.45) is 0. The number of ether oxygens (including phenoxy) is 1. The molecule has 0 radical (unpaired) electrons. The van der Waals surface area contributed by atoms with Crippen LogP contribution in [0.4, 0.5) is 10.0 Å². The molecule has 1 aliphatic carbocycles. The first-order chi connectivity index (χ1) is 11.5. The summed E-state index contributed by atoms with van der Waals surface area (Å²) in [7, 11) is 0. The fraction of sp³-hybridized carbons (Fsp3) is 0.167. The van der Waals surface area contributed by atoms with Crippen molar-refractivity contribution in [2.24, 2.45) is 0 Å². The van der Waals surface area contributed by atoms with Gasteiger partial charge in [0.05, 0.1) is 19.8 Å². The molecule has 0 spiro atoms. The molecule has 4 rings (SSSR count). The number of benzene rings is 1. The smallest absolute Gasteiger partial charge is 0.321 e. The van der Waals surface area contributed by atoms with E-state index in [1.165, 1.54) is 22.7 Å². The Morgan fingerprint density at radius 2 is 1.58 bits per heavy atom. The van der Waals surface area contributed by atoms with Crippen molar-refractivity contribution in [2.75, 3.05) is 11.5 Å². The van der Waals surface area contributed by atoms with E-state index in [4.69, 9.17) is 16.2 Å². The molecule has 24 heavy (non-hydrogen) atoms. The van der Waals surface area contributed by atoms with Crippen LogP contribution in [-0.2, 0) is 21.6 Å². The Balaban J connectivity index is 1.71. The maximum atomic E-state index is 13.0. The Labute approximate surface area is 147 Å². The van der Waals surface area contributed by atoms with Gasteiger partial charge in [-0.05, 0) is 35.7 Å². The van der Waals surface area contributed by atoms with Gasteiger partial charge in [-0.15, -0.1) is 22.7 Å². The lowest BCUT2D eigenvalue weighted by Gasteiger charge is -2.23. The SMILES string of the molecule is CC1(C(=O)OCc2ccccc2)c2cc(N)sc2-c2sc(N)cc21. The first-order valence-corrected chi connectivity index (χ1v) is 9.14. The van der Waals surface area contributed by atoms with Gasteiger partial charge in [-0.2, -0.15) is 0 Å². The van der Waals surface area contributed by atoms with Crippen LogP contribution in [0.2, 0.25) is 0 Å². The second kappa shape index (κ2) is 5.36. The number of hydrogen-bond donors (Lipinski definition) is 2. The number of hydrogen-bond acceptors (Lipinski definition) is 6. The fourth-order valence-electron chi connectivity index (χ4n) is 3.13. The van der Waals surface area contributed by atoms with Crippen molar-refractivity contribution in [3.8, 4) is 9.75 Å². The predicted octanol–water partition coefficient (Wildman–Crippen LogP) is 4.00. The Hall–Kier alpha value is -2.31. The van der Waals surface area contributed by atoms with Gasteiger partial charge < -0.3 is 16.2 Å². The maximum absolute atomic E-state index is 13.0. The van der Waals surface area contributed by atoms with E-state index in [-0.39, 0.29) is 12.6 Å². The molecule has 0 saturated heterocycles. The van der Waals surface area contributed by atoms with Crippen LogP contribution in [0.1, 0.15) is 23.6 Å². The number of esters is 1. The van der Waals surface area contributed by atoms with Crippen molar-refractivity contribution in [1.29, 1.82) is 0 Å². The van der Waals surface area contributed by atoms with E-state index in [2.05, 4.69) is 0 Å². The molecule has 0 amide bonds. The third-order valence-corrected chi connectivity index (χ3v) is 6.50. The zero-order valence-electron chi connectivity index (χ0n) is 13.0. The van der Waals surface area contributed by atoms with E-state index in [1.807, 2.05) is 49.4 Å². The van der Waals surface area contributed by atoms with Crippen LogP contribution in [0.3, 0.4) is 0 Å². The molecule has 0 fully saturated rings.